The molecule has 3 aromatic rings. The van der Waals surface area contributed by atoms with Gasteiger partial charge in [-0.2, -0.15) is 13.2 Å². The van der Waals surface area contributed by atoms with Gasteiger partial charge in [-0.05, 0) is 36.4 Å². The van der Waals surface area contributed by atoms with Crippen molar-refractivity contribution in [2.45, 2.75) is 6.18 Å². The Bertz CT molecular complexity index is 806. The fourth-order valence-corrected chi connectivity index (χ4v) is 3.14. The van der Waals surface area contributed by atoms with Crippen molar-refractivity contribution in [1.29, 1.82) is 0 Å². The first-order valence-corrected chi connectivity index (χ1v) is 7.06. The van der Waals surface area contributed by atoms with Gasteiger partial charge in [-0.25, -0.2) is 4.98 Å². The van der Waals surface area contributed by atoms with Crippen LogP contribution in [0.5, 0.6) is 0 Å². The van der Waals surface area contributed by atoms with E-state index < -0.39 is 11.7 Å². The molecule has 1 heterocycles. The van der Waals surface area contributed by atoms with Gasteiger partial charge in [-0.1, -0.05) is 11.6 Å². The Morgan fingerprint density at radius 1 is 1.10 bits per heavy atom. The smallest absolute Gasteiger partial charge is 0.399 e. The number of halogens is 4. The quantitative estimate of drug-likeness (QED) is 0.622. The van der Waals surface area contributed by atoms with Crippen LogP contribution in [-0.4, -0.2) is 4.98 Å². The van der Waals surface area contributed by atoms with Crippen molar-refractivity contribution in [2.75, 3.05) is 5.73 Å². The van der Waals surface area contributed by atoms with Crippen LogP contribution >= 0.6 is 22.9 Å². The summed E-state index contributed by atoms with van der Waals surface area (Å²) in [6.45, 7) is 0. The van der Waals surface area contributed by atoms with E-state index in [1.807, 2.05) is 0 Å². The van der Waals surface area contributed by atoms with Gasteiger partial charge in [0.1, 0.15) is 5.01 Å². The SMILES string of the molecule is Nc1cc(Cl)cc(-c2nc3cc(C(F)(F)F)ccc3s2)c1. The highest BCUT2D eigenvalue weighted by Crippen LogP contribution is 2.36. The molecular weight excluding hydrogens is 321 g/mol. The largest absolute Gasteiger partial charge is 0.416 e. The van der Waals surface area contributed by atoms with E-state index >= 15 is 0 Å². The van der Waals surface area contributed by atoms with Gasteiger partial charge in [0.15, 0.2) is 0 Å². The zero-order valence-electron chi connectivity index (χ0n) is 10.4. The molecule has 0 aliphatic carbocycles. The number of anilines is 1. The van der Waals surface area contributed by atoms with Crippen molar-refractivity contribution in [2.24, 2.45) is 0 Å². The first kappa shape index (κ1) is 14.2. The van der Waals surface area contributed by atoms with Gasteiger partial charge in [-0.15, -0.1) is 11.3 Å². The Morgan fingerprint density at radius 2 is 1.86 bits per heavy atom. The van der Waals surface area contributed by atoms with Crippen molar-refractivity contribution in [1.82, 2.24) is 4.98 Å². The number of aromatic nitrogens is 1. The Balaban J connectivity index is 2.13. The highest BCUT2D eigenvalue weighted by Gasteiger charge is 2.30. The molecule has 0 unspecified atom stereocenters. The first-order valence-electron chi connectivity index (χ1n) is 5.87. The summed E-state index contributed by atoms with van der Waals surface area (Å²) in [5.41, 5.74) is 6.48. The van der Waals surface area contributed by atoms with E-state index in [0.29, 0.717) is 31.5 Å². The minimum Gasteiger partial charge on any atom is -0.399 e. The van der Waals surface area contributed by atoms with Crippen LogP contribution in [0.2, 0.25) is 5.02 Å². The van der Waals surface area contributed by atoms with Crippen LogP contribution in [0.15, 0.2) is 36.4 Å². The molecule has 0 bridgehead atoms. The van der Waals surface area contributed by atoms with E-state index in [-0.39, 0.29) is 0 Å². The average Bonchev–Trinajstić information content (AvgIpc) is 2.79. The topological polar surface area (TPSA) is 38.9 Å². The molecule has 1 aromatic heterocycles. The molecule has 0 aliphatic rings. The molecule has 108 valence electrons. The number of nitrogens with zero attached hydrogens (tertiary/aromatic N) is 1. The molecule has 3 rings (SSSR count). The summed E-state index contributed by atoms with van der Waals surface area (Å²) in [5, 5.41) is 1.04. The van der Waals surface area contributed by atoms with Crippen LogP contribution in [0.3, 0.4) is 0 Å². The maximum absolute atomic E-state index is 12.7. The maximum Gasteiger partial charge on any atom is 0.416 e. The van der Waals surface area contributed by atoms with Crippen LogP contribution in [0.4, 0.5) is 18.9 Å². The zero-order chi connectivity index (χ0) is 15.2. The van der Waals surface area contributed by atoms with E-state index in [1.165, 1.54) is 17.4 Å². The molecule has 21 heavy (non-hydrogen) atoms. The van der Waals surface area contributed by atoms with Gasteiger partial charge in [0.05, 0.1) is 15.8 Å². The highest BCUT2D eigenvalue weighted by molar-refractivity contribution is 7.21. The predicted octanol–water partition coefficient (Wildman–Crippen LogP) is 5.22. The third-order valence-corrected chi connectivity index (χ3v) is 4.19. The molecule has 2 aromatic carbocycles. The number of hydrogen-bond acceptors (Lipinski definition) is 3. The molecule has 0 aliphatic heterocycles. The minimum absolute atomic E-state index is 0.309. The Hall–Kier alpha value is -1.79. The van der Waals surface area contributed by atoms with E-state index in [1.54, 1.807) is 18.2 Å². The summed E-state index contributed by atoms with van der Waals surface area (Å²) in [6.07, 6.45) is -4.38. The summed E-state index contributed by atoms with van der Waals surface area (Å²) in [5.74, 6) is 0. The lowest BCUT2D eigenvalue weighted by Gasteiger charge is -2.04. The number of hydrogen-bond donors (Lipinski definition) is 1. The molecule has 0 saturated heterocycles. The second-order valence-corrected chi connectivity index (χ2v) is 5.94. The van der Waals surface area contributed by atoms with E-state index in [0.717, 1.165) is 12.1 Å². The van der Waals surface area contributed by atoms with Crippen molar-refractivity contribution >= 4 is 38.8 Å². The molecule has 0 fully saturated rings. The van der Waals surface area contributed by atoms with E-state index in [2.05, 4.69) is 4.98 Å². The van der Waals surface area contributed by atoms with Crippen LogP contribution in [0.25, 0.3) is 20.8 Å². The number of benzene rings is 2. The van der Waals surface area contributed by atoms with Crippen LogP contribution in [0.1, 0.15) is 5.56 Å². The average molecular weight is 329 g/mol. The summed E-state index contributed by atoms with van der Waals surface area (Å²) in [4.78, 5) is 4.24. The number of thiazole rings is 1. The van der Waals surface area contributed by atoms with Gasteiger partial charge in [-0.3, -0.25) is 0 Å². The molecule has 0 radical (unpaired) electrons. The lowest BCUT2D eigenvalue weighted by Crippen LogP contribution is -2.03. The highest BCUT2D eigenvalue weighted by atomic mass is 35.5. The molecule has 2 N–H and O–H groups in total. The van der Waals surface area contributed by atoms with Crippen molar-refractivity contribution in [3.8, 4) is 10.6 Å². The lowest BCUT2D eigenvalue weighted by atomic mass is 10.2. The summed E-state index contributed by atoms with van der Waals surface area (Å²) in [7, 11) is 0. The number of nitrogen functional groups attached to an aromatic ring is 1. The fraction of sp³-hybridized carbons (Fsp3) is 0.0714. The predicted molar refractivity (Wildman–Crippen MR) is 79.5 cm³/mol. The second kappa shape index (κ2) is 4.89. The monoisotopic (exact) mass is 328 g/mol. The van der Waals surface area contributed by atoms with Gasteiger partial charge in [0.25, 0.3) is 0 Å². The first-order chi connectivity index (χ1) is 9.83. The number of nitrogens with two attached hydrogens (primary N) is 1. The van der Waals surface area contributed by atoms with E-state index in [9.17, 15) is 13.2 Å². The maximum atomic E-state index is 12.7. The van der Waals surface area contributed by atoms with Crippen LogP contribution < -0.4 is 5.73 Å². The van der Waals surface area contributed by atoms with Crippen LogP contribution in [-0.2, 0) is 6.18 Å². The third-order valence-electron chi connectivity index (χ3n) is 2.88. The summed E-state index contributed by atoms with van der Waals surface area (Å²) >= 11 is 7.23. The molecule has 2 nitrogen and oxygen atoms in total. The number of rotatable bonds is 1. The van der Waals surface area contributed by atoms with Gasteiger partial charge in [0, 0.05) is 16.3 Å². The van der Waals surface area contributed by atoms with Gasteiger partial charge >= 0.3 is 6.18 Å². The lowest BCUT2D eigenvalue weighted by molar-refractivity contribution is -0.137. The second-order valence-electron chi connectivity index (χ2n) is 4.47. The standard InChI is InChI=1S/C14H8ClF3N2S/c15-9-3-7(4-10(19)6-9)13-20-11-5-8(14(16,17)18)1-2-12(11)21-13/h1-6H,19H2. The Morgan fingerprint density at radius 3 is 2.52 bits per heavy atom. The molecule has 0 atom stereocenters. The minimum atomic E-state index is -4.38. The van der Waals surface area contributed by atoms with Crippen molar-refractivity contribution in [3.63, 3.8) is 0 Å². The van der Waals surface area contributed by atoms with Gasteiger partial charge < -0.3 is 5.73 Å². The van der Waals surface area contributed by atoms with Crippen molar-refractivity contribution in [3.05, 3.63) is 47.0 Å². The van der Waals surface area contributed by atoms with Crippen LogP contribution in [0, 0.1) is 0 Å². The molecular formula is C14H8ClF3N2S. The fourth-order valence-electron chi connectivity index (χ4n) is 1.96. The molecule has 0 amide bonds. The number of alkyl halides is 3. The van der Waals surface area contributed by atoms with E-state index in [4.69, 9.17) is 17.3 Å². The molecule has 0 saturated carbocycles. The zero-order valence-corrected chi connectivity index (χ0v) is 12.0. The Kier molecular flexibility index (Phi) is 3.30. The normalized spacial score (nSPS) is 12.0. The Labute approximate surface area is 127 Å². The summed E-state index contributed by atoms with van der Waals surface area (Å²) < 4.78 is 38.8. The third kappa shape index (κ3) is 2.82. The molecule has 0 spiro atoms. The molecule has 7 heteroatoms. The van der Waals surface area contributed by atoms with Crippen molar-refractivity contribution < 1.29 is 13.2 Å². The number of fused-ring (bicyclic) bond motifs is 1. The van der Waals surface area contributed by atoms with Gasteiger partial charge in [0.2, 0.25) is 0 Å². The summed E-state index contributed by atoms with van der Waals surface area (Å²) in [6, 6.07) is 8.49.